The third kappa shape index (κ3) is 3.20. The van der Waals surface area contributed by atoms with Crippen molar-refractivity contribution < 1.29 is 9.90 Å². The molecule has 90 valence electrons. The second-order valence-electron chi connectivity index (χ2n) is 3.28. The zero-order valence-electron chi connectivity index (χ0n) is 9.21. The Kier molecular flexibility index (Phi) is 3.66. The maximum atomic E-state index is 11.1. The summed E-state index contributed by atoms with van der Waals surface area (Å²) >= 11 is 0. The highest BCUT2D eigenvalue weighted by Crippen LogP contribution is 2.22. The molecule has 17 heavy (non-hydrogen) atoms. The molecule has 0 aliphatic rings. The van der Waals surface area contributed by atoms with Crippen molar-refractivity contribution in [1.29, 1.82) is 0 Å². The van der Waals surface area contributed by atoms with E-state index in [1.54, 1.807) is 19.1 Å². The molecule has 1 aromatic carbocycles. The summed E-state index contributed by atoms with van der Waals surface area (Å²) in [4.78, 5) is 18.4. The molecule has 1 aromatic rings. The number of nitrogens with two attached hydrogens (primary N) is 3. The molecule has 0 fully saturated rings. The fourth-order valence-electron chi connectivity index (χ4n) is 1.30. The summed E-state index contributed by atoms with van der Waals surface area (Å²) in [7, 11) is 0. The monoisotopic (exact) mass is 235 g/mol. The minimum atomic E-state index is -1.08. The lowest BCUT2D eigenvalue weighted by atomic mass is 10.1. The maximum absolute atomic E-state index is 11.1. The molecule has 1 rings (SSSR count). The zero-order chi connectivity index (χ0) is 13.0. The maximum Gasteiger partial charge on any atom is 0.338 e. The highest BCUT2D eigenvalue weighted by molar-refractivity contribution is 5.98. The number of rotatable bonds is 2. The number of aromatic carboxylic acids is 1. The van der Waals surface area contributed by atoms with Crippen LogP contribution in [-0.2, 0) is 0 Å². The van der Waals surface area contributed by atoms with Crippen LogP contribution in [0.2, 0.25) is 0 Å². The number of carboxylic acids is 1. The van der Waals surface area contributed by atoms with E-state index in [2.05, 4.69) is 9.98 Å². The van der Waals surface area contributed by atoms with Crippen molar-refractivity contribution in [3.8, 4) is 0 Å². The van der Waals surface area contributed by atoms with Gasteiger partial charge in [-0.3, -0.25) is 0 Å². The van der Waals surface area contributed by atoms with E-state index in [1.807, 2.05) is 0 Å². The molecule has 0 amide bonds. The first kappa shape index (κ1) is 12.5. The van der Waals surface area contributed by atoms with Crippen molar-refractivity contribution in [3.63, 3.8) is 0 Å². The molecular weight excluding hydrogens is 222 g/mol. The number of benzene rings is 1. The van der Waals surface area contributed by atoms with Crippen LogP contribution in [0.5, 0.6) is 0 Å². The normalized spacial score (nSPS) is 11.0. The lowest BCUT2D eigenvalue weighted by Crippen LogP contribution is -2.26. The summed E-state index contributed by atoms with van der Waals surface area (Å²) in [6, 6.07) is 4.86. The van der Waals surface area contributed by atoms with Crippen molar-refractivity contribution in [2.24, 2.45) is 27.2 Å². The minimum Gasteiger partial charge on any atom is -0.478 e. The van der Waals surface area contributed by atoms with Gasteiger partial charge in [0.15, 0.2) is 5.96 Å². The molecule has 0 saturated heterocycles. The summed E-state index contributed by atoms with van der Waals surface area (Å²) in [5, 5.41) is 9.05. The van der Waals surface area contributed by atoms with Gasteiger partial charge in [-0.05, 0) is 18.6 Å². The topological polar surface area (TPSA) is 140 Å². The van der Waals surface area contributed by atoms with Gasteiger partial charge in [-0.1, -0.05) is 12.1 Å². The molecule has 7 nitrogen and oxygen atoms in total. The highest BCUT2D eigenvalue weighted by atomic mass is 16.4. The van der Waals surface area contributed by atoms with Crippen molar-refractivity contribution in [3.05, 3.63) is 29.3 Å². The van der Waals surface area contributed by atoms with Gasteiger partial charge in [-0.25, -0.2) is 9.79 Å². The zero-order valence-corrected chi connectivity index (χ0v) is 9.21. The van der Waals surface area contributed by atoms with Gasteiger partial charge < -0.3 is 22.3 Å². The number of carboxylic acid groups (broad SMARTS) is 1. The van der Waals surface area contributed by atoms with Crippen LogP contribution in [-0.4, -0.2) is 23.0 Å². The van der Waals surface area contributed by atoms with E-state index in [-0.39, 0.29) is 23.2 Å². The van der Waals surface area contributed by atoms with Crippen LogP contribution in [0.15, 0.2) is 28.2 Å². The average molecular weight is 235 g/mol. The van der Waals surface area contributed by atoms with Crippen molar-refractivity contribution in [1.82, 2.24) is 0 Å². The molecule has 0 unspecified atom stereocenters. The minimum absolute atomic E-state index is 0.0706. The number of carbonyl (C=O) groups is 1. The second kappa shape index (κ2) is 4.97. The predicted molar refractivity (Wildman–Crippen MR) is 65.2 cm³/mol. The second-order valence-corrected chi connectivity index (χ2v) is 3.28. The van der Waals surface area contributed by atoms with Gasteiger partial charge in [0.25, 0.3) is 0 Å². The Balaban J connectivity index is 3.28. The molecular formula is C10H13N5O2. The van der Waals surface area contributed by atoms with Crippen LogP contribution in [0.25, 0.3) is 0 Å². The quantitative estimate of drug-likeness (QED) is 0.419. The summed E-state index contributed by atoms with van der Waals surface area (Å²) in [6.07, 6.45) is 0. The van der Waals surface area contributed by atoms with Crippen LogP contribution in [0.3, 0.4) is 0 Å². The fourth-order valence-corrected chi connectivity index (χ4v) is 1.30. The highest BCUT2D eigenvalue weighted by Gasteiger charge is 2.12. The average Bonchev–Trinajstić information content (AvgIpc) is 2.15. The molecule has 0 bridgehead atoms. The Morgan fingerprint density at radius 3 is 2.47 bits per heavy atom. The van der Waals surface area contributed by atoms with E-state index in [0.29, 0.717) is 5.56 Å². The number of aryl methyl sites for hydroxylation is 1. The molecule has 7 heteroatoms. The molecule has 0 aliphatic carbocycles. The Hall–Kier alpha value is -2.57. The van der Waals surface area contributed by atoms with E-state index in [4.69, 9.17) is 22.3 Å². The molecule has 0 radical (unpaired) electrons. The van der Waals surface area contributed by atoms with Crippen molar-refractivity contribution in [2.75, 3.05) is 0 Å². The van der Waals surface area contributed by atoms with Gasteiger partial charge in [-0.15, -0.1) is 0 Å². The van der Waals surface area contributed by atoms with E-state index >= 15 is 0 Å². The van der Waals surface area contributed by atoms with Crippen LogP contribution in [0, 0.1) is 6.92 Å². The third-order valence-electron chi connectivity index (χ3n) is 1.94. The van der Waals surface area contributed by atoms with Crippen LogP contribution < -0.4 is 17.2 Å². The van der Waals surface area contributed by atoms with Gasteiger partial charge >= 0.3 is 5.97 Å². The smallest absolute Gasteiger partial charge is 0.338 e. The first-order chi connectivity index (χ1) is 7.91. The number of hydrogen-bond acceptors (Lipinski definition) is 2. The van der Waals surface area contributed by atoms with Crippen LogP contribution in [0.4, 0.5) is 5.69 Å². The summed E-state index contributed by atoms with van der Waals surface area (Å²) in [5.74, 6) is -1.52. The Morgan fingerprint density at radius 2 is 1.94 bits per heavy atom. The Labute approximate surface area is 97.7 Å². The molecule has 0 aromatic heterocycles. The lowest BCUT2D eigenvalue weighted by molar-refractivity contribution is 0.0697. The van der Waals surface area contributed by atoms with E-state index in [1.165, 1.54) is 6.07 Å². The first-order valence-corrected chi connectivity index (χ1v) is 4.68. The molecule has 0 atom stereocenters. The summed E-state index contributed by atoms with van der Waals surface area (Å²) in [6.45, 7) is 1.67. The Bertz CT molecular complexity index is 503. The van der Waals surface area contributed by atoms with E-state index in [9.17, 15) is 4.79 Å². The third-order valence-corrected chi connectivity index (χ3v) is 1.94. The SMILES string of the molecule is Cc1cccc(N=C(N)N=C(N)N)c1C(=O)O. The largest absolute Gasteiger partial charge is 0.478 e. The van der Waals surface area contributed by atoms with Crippen molar-refractivity contribution in [2.45, 2.75) is 6.92 Å². The molecule has 0 saturated carbocycles. The van der Waals surface area contributed by atoms with Crippen LogP contribution >= 0.6 is 0 Å². The number of hydrogen-bond donors (Lipinski definition) is 4. The van der Waals surface area contributed by atoms with Gasteiger partial charge in [-0.2, -0.15) is 4.99 Å². The summed E-state index contributed by atoms with van der Waals surface area (Å²) < 4.78 is 0. The number of aliphatic imine (C=N–C) groups is 2. The van der Waals surface area contributed by atoms with Gasteiger partial charge in [0.05, 0.1) is 11.3 Å². The number of nitrogens with zero attached hydrogens (tertiary/aromatic N) is 2. The standard InChI is InChI=1S/C10H13N5O2/c1-5-3-2-4-6(7(5)8(16)17)14-10(13)15-9(11)12/h2-4H,1H3,(H,16,17)(H6,11,12,13,14,15). The number of guanidine groups is 2. The van der Waals surface area contributed by atoms with E-state index < -0.39 is 5.97 Å². The predicted octanol–water partition coefficient (Wildman–Crippen LogP) is -0.0872. The van der Waals surface area contributed by atoms with Gasteiger partial charge in [0.1, 0.15) is 0 Å². The fraction of sp³-hybridized carbons (Fsp3) is 0.100. The molecule has 0 spiro atoms. The van der Waals surface area contributed by atoms with E-state index in [0.717, 1.165) is 0 Å². The molecule has 7 N–H and O–H groups in total. The van der Waals surface area contributed by atoms with Crippen LogP contribution in [0.1, 0.15) is 15.9 Å². The van der Waals surface area contributed by atoms with Crippen molar-refractivity contribution >= 4 is 23.6 Å². The first-order valence-electron chi connectivity index (χ1n) is 4.68. The van der Waals surface area contributed by atoms with Gasteiger partial charge in [0, 0.05) is 0 Å². The molecule has 0 heterocycles. The summed E-state index contributed by atoms with van der Waals surface area (Å²) in [5.41, 5.74) is 16.5. The lowest BCUT2D eigenvalue weighted by Gasteiger charge is -2.04. The molecule has 0 aliphatic heterocycles. The van der Waals surface area contributed by atoms with Gasteiger partial charge in [0.2, 0.25) is 5.96 Å². The Morgan fingerprint density at radius 1 is 1.29 bits per heavy atom.